The standard InChI is InChI=1S/C22H23N3O2S/c1-2-14-25-21(27)17-10-6-7-11-18(17)24-22(25)28-19(15-8-4-3-5-9-15)20(26)23-16-12-13-16/h3-11,16,19H,2,12-14H2,1H3,(H,23,26). The second-order valence-corrected chi connectivity index (χ2v) is 8.13. The number of amides is 1. The Morgan fingerprint density at radius 3 is 2.61 bits per heavy atom. The molecule has 6 heteroatoms. The summed E-state index contributed by atoms with van der Waals surface area (Å²) in [4.78, 5) is 30.7. The highest BCUT2D eigenvalue weighted by molar-refractivity contribution is 8.00. The molecule has 0 saturated heterocycles. The molecule has 1 atom stereocenters. The number of para-hydroxylation sites is 1. The third-order valence-corrected chi connectivity index (χ3v) is 6.01. The van der Waals surface area contributed by atoms with Gasteiger partial charge in [0.2, 0.25) is 5.91 Å². The van der Waals surface area contributed by atoms with Crippen LogP contribution in [0.25, 0.3) is 10.9 Å². The summed E-state index contributed by atoms with van der Waals surface area (Å²) < 4.78 is 1.70. The van der Waals surface area contributed by atoms with Gasteiger partial charge in [-0.1, -0.05) is 61.2 Å². The maximum atomic E-state index is 13.0. The molecule has 1 N–H and O–H groups in total. The average molecular weight is 394 g/mol. The van der Waals surface area contributed by atoms with Crippen molar-refractivity contribution in [3.63, 3.8) is 0 Å². The second-order valence-electron chi connectivity index (χ2n) is 7.06. The predicted molar refractivity (Wildman–Crippen MR) is 112 cm³/mol. The fourth-order valence-electron chi connectivity index (χ4n) is 3.17. The summed E-state index contributed by atoms with van der Waals surface area (Å²) in [6.07, 6.45) is 2.89. The third kappa shape index (κ3) is 3.97. The smallest absolute Gasteiger partial charge is 0.262 e. The summed E-state index contributed by atoms with van der Waals surface area (Å²) in [6.45, 7) is 2.61. The number of hydrogen-bond donors (Lipinski definition) is 1. The topological polar surface area (TPSA) is 64.0 Å². The van der Waals surface area contributed by atoms with Gasteiger partial charge in [-0.05, 0) is 37.0 Å². The van der Waals surface area contributed by atoms with Crippen LogP contribution in [0.1, 0.15) is 37.0 Å². The largest absolute Gasteiger partial charge is 0.352 e. The molecule has 1 aliphatic rings. The first-order valence-electron chi connectivity index (χ1n) is 9.69. The van der Waals surface area contributed by atoms with E-state index in [4.69, 9.17) is 4.98 Å². The molecule has 0 bridgehead atoms. The Bertz CT molecular complexity index is 1040. The number of hydrogen-bond acceptors (Lipinski definition) is 4. The number of carbonyl (C=O) groups is 1. The normalized spacial score (nSPS) is 14.8. The van der Waals surface area contributed by atoms with Crippen molar-refractivity contribution in [1.82, 2.24) is 14.9 Å². The van der Waals surface area contributed by atoms with E-state index in [0.29, 0.717) is 22.6 Å². The summed E-state index contributed by atoms with van der Waals surface area (Å²) in [5.74, 6) is -0.0239. The highest BCUT2D eigenvalue weighted by Gasteiger charge is 2.30. The quantitative estimate of drug-likeness (QED) is 0.488. The Morgan fingerprint density at radius 1 is 1.18 bits per heavy atom. The van der Waals surface area contributed by atoms with Crippen molar-refractivity contribution < 1.29 is 4.79 Å². The first-order chi connectivity index (χ1) is 13.7. The summed E-state index contributed by atoms with van der Waals surface area (Å²) in [7, 11) is 0. The highest BCUT2D eigenvalue weighted by Crippen LogP contribution is 2.35. The molecule has 3 aromatic rings. The van der Waals surface area contributed by atoms with E-state index >= 15 is 0 Å². The lowest BCUT2D eigenvalue weighted by Crippen LogP contribution is -2.31. The molecule has 0 spiro atoms. The Morgan fingerprint density at radius 2 is 1.89 bits per heavy atom. The van der Waals surface area contributed by atoms with Crippen molar-refractivity contribution in [2.45, 2.75) is 49.2 Å². The SMILES string of the molecule is CCCn1c(SC(C(=O)NC2CC2)c2ccccc2)nc2ccccc2c1=O. The molecule has 1 amide bonds. The van der Waals surface area contributed by atoms with Gasteiger partial charge in [-0.15, -0.1) is 0 Å². The summed E-state index contributed by atoms with van der Waals surface area (Å²) in [5.41, 5.74) is 1.53. The fourth-order valence-corrected chi connectivity index (χ4v) is 4.30. The molecule has 0 radical (unpaired) electrons. The highest BCUT2D eigenvalue weighted by atomic mass is 32.2. The molecule has 1 heterocycles. The predicted octanol–water partition coefficient (Wildman–Crippen LogP) is 3.92. The van der Waals surface area contributed by atoms with E-state index in [-0.39, 0.29) is 17.5 Å². The van der Waals surface area contributed by atoms with Crippen LogP contribution in [0, 0.1) is 0 Å². The molecule has 144 valence electrons. The molecule has 1 fully saturated rings. The van der Waals surface area contributed by atoms with Crippen molar-refractivity contribution in [3.8, 4) is 0 Å². The third-order valence-electron chi connectivity index (χ3n) is 4.76. The molecule has 1 aliphatic carbocycles. The van der Waals surface area contributed by atoms with Gasteiger partial charge in [0, 0.05) is 12.6 Å². The van der Waals surface area contributed by atoms with Crippen LogP contribution < -0.4 is 10.9 Å². The molecule has 0 aliphatic heterocycles. The van der Waals surface area contributed by atoms with Gasteiger partial charge in [-0.25, -0.2) is 4.98 Å². The minimum absolute atomic E-state index is 0.0239. The number of thioether (sulfide) groups is 1. The Balaban J connectivity index is 1.76. The van der Waals surface area contributed by atoms with Crippen molar-refractivity contribution in [3.05, 3.63) is 70.5 Å². The molecule has 28 heavy (non-hydrogen) atoms. The van der Waals surface area contributed by atoms with E-state index in [1.165, 1.54) is 11.8 Å². The van der Waals surface area contributed by atoms with Crippen molar-refractivity contribution in [2.75, 3.05) is 0 Å². The molecule has 1 aromatic heterocycles. The van der Waals surface area contributed by atoms with Crippen molar-refractivity contribution in [1.29, 1.82) is 0 Å². The zero-order chi connectivity index (χ0) is 19.5. The van der Waals surface area contributed by atoms with E-state index in [1.54, 1.807) is 10.6 Å². The zero-order valence-electron chi connectivity index (χ0n) is 15.8. The van der Waals surface area contributed by atoms with Crippen LogP contribution in [-0.4, -0.2) is 21.5 Å². The van der Waals surface area contributed by atoms with Crippen LogP contribution in [0.15, 0.2) is 64.5 Å². The molecule has 1 saturated carbocycles. The number of nitrogens with one attached hydrogen (secondary N) is 1. The van der Waals surface area contributed by atoms with Crippen LogP contribution in [0.3, 0.4) is 0 Å². The van der Waals surface area contributed by atoms with Crippen LogP contribution in [0.5, 0.6) is 0 Å². The number of fused-ring (bicyclic) bond motifs is 1. The van der Waals surface area contributed by atoms with Gasteiger partial charge in [0.15, 0.2) is 5.16 Å². The van der Waals surface area contributed by atoms with Crippen molar-refractivity contribution >= 4 is 28.6 Å². The summed E-state index contributed by atoms with van der Waals surface area (Å²) >= 11 is 1.36. The number of carbonyl (C=O) groups excluding carboxylic acids is 1. The van der Waals surface area contributed by atoms with Crippen LogP contribution in [0.2, 0.25) is 0 Å². The van der Waals surface area contributed by atoms with E-state index in [2.05, 4.69) is 5.32 Å². The molecule has 2 aromatic carbocycles. The lowest BCUT2D eigenvalue weighted by Gasteiger charge is -2.19. The van der Waals surface area contributed by atoms with E-state index in [9.17, 15) is 9.59 Å². The number of benzene rings is 2. The van der Waals surface area contributed by atoms with Crippen LogP contribution >= 0.6 is 11.8 Å². The molecule has 5 nitrogen and oxygen atoms in total. The first kappa shape index (κ1) is 18.7. The van der Waals surface area contributed by atoms with Crippen molar-refractivity contribution in [2.24, 2.45) is 0 Å². The maximum absolute atomic E-state index is 13.0. The second kappa shape index (κ2) is 8.19. The van der Waals surface area contributed by atoms with Gasteiger partial charge in [0.25, 0.3) is 5.56 Å². The Hall–Kier alpha value is -2.60. The lowest BCUT2D eigenvalue weighted by atomic mass is 10.1. The van der Waals surface area contributed by atoms with Gasteiger partial charge in [0.05, 0.1) is 10.9 Å². The number of nitrogens with zero attached hydrogens (tertiary/aromatic N) is 2. The first-order valence-corrected chi connectivity index (χ1v) is 10.6. The number of rotatable bonds is 7. The van der Waals surface area contributed by atoms with Crippen LogP contribution in [-0.2, 0) is 11.3 Å². The van der Waals surface area contributed by atoms with Gasteiger partial charge in [-0.2, -0.15) is 0 Å². The van der Waals surface area contributed by atoms with E-state index in [1.807, 2.05) is 55.5 Å². The zero-order valence-corrected chi connectivity index (χ0v) is 16.6. The Labute approximate surface area is 168 Å². The molecule has 1 unspecified atom stereocenters. The minimum Gasteiger partial charge on any atom is -0.352 e. The summed E-state index contributed by atoms with van der Waals surface area (Å²) in [6, 6.07) is 17.4. The molecular weight excluding hydrogens is 370 g/mol. The molecule has 4 rings (SSSR count). The van der Waals surface area contributed by atoms with Gasteiger partial charge in [0.1, 0.15) is 5.25 Å². The maximum Gasteiger partial charge on any atom is 0.262 e. The number of aromatic nitrogens is 2. The van der Waals surface area contributed by atoms with Crippen LogP contribution in [0.4, 0.5) is 0 Å². The summed E-state index contributed by atoms with van der Waals surface area (Å²) in [5, 5.41) is 3.85. The minimum atomic E-state index is -0.446. The lowest BCUT2D eigenvalue weighted by molar-refractivity contribution is -0.120. The Kier molecular flexibility index (Phi) is 5.48. The van der Waals surface area contributed by atoms with Gasteiger partial charge < -0.3 is 5.32 Å². The average Bonchev–Trinajstić information content (AvgIpc) is 3.53. The molecular formula is C22H23N3O2S. The van der Waals surface area contributed by atoms with E-state index in [0.717, 1.165) is 24.8 Å². The van der Waals surface area contributed by atoms with E-state index < -0.39 is 5.25 Å². The fraction of sp³-hybridized carbons (Fsp3) is 0.318. The van der Waals surface area contributed by atoms with Gasteiger partial charge in [-0.3, -0.25) is 14.2 Å². The monoisotopic (exact) mass is 393 g/mol. The van der Waals surface area contributed by atoms with Gasteiger partial charge >= 0.3 is 0 Å².